The van der Waals surface area contributed by atoms with E-state index in [1.54, 1.807) is 0 Å². The van der Waals surface area contributed by atoms with Crippen molar-refractivity contribution in [1.82, 2.24) is 0 Å². The van der Waals surface area contributed by atoms with Gasteiger partial charge in [-0.2, -0.15) is 0 Å². The number of anilines is 1. The van der Waals surface area contributed by atoms with Crippen molar-refractivity contribution in [2.24, 2.45) is 0 Å². The summed E-state index contributed by atoms with van der Waals surface area (Å²) >= 11 is 0. The summed E-state index contributed by atoms with van der Waals surface area (Å²) in [6, 6.07) is 25.3. The van der Waals surface area contributed by atoms with E-state index in [0.29, 0.717) is 0 Å². The molecule has 0 unspecified atom stereocenters. The van der Waals surface area contributed by atoms with Crippen molar-refractivity contribution in [2.45, 2.75) is 13.3 Å². The molecular weight excluding hydrogens is 254 g/mol. The first kappa shape index (κ1) is 13.4. The van der Waals surface area contributed by atoms with Gasteiger partial charge in [0, 0.05) is 5.69 Å². The van der Waals surface area contributed by atoms with E-state index in [0.717, 1.165) is 12.1 Å². The van der Waals surface area contributed by atoms with Crippen LogP contribution in [0.1, 0.15) is 16.7 Å². The number of aryl methyl sites for hydroxylation is 1. The fourth-order valence-corrected chi connectivity index (χ4v) is 2.67. The summed E-state index contributed by atoms with van der Waals surface area (Å²) in [5.41, 5.74) is 13.1. The van der Waals surface area contributed by atoms with Crippen LogP contribution in [0.15, 0.2) is 72.8 Å². The predicted octanol–water partition coefficient (Wildman–Crippen LogP) is 4.84. The van der Waals surface area contributed by atoms with Gasteiger partial charge in [-0.15, -0.1) is 0 Å². The van der Waals surface area contributed by atoms with E-state index >= 15 is 0 Å². The summed E-state index contributed by atoms with van der Waals surface area (Å²) in [4.78, 5) is 0. The Morgan fingerprint density at radius 2 is 1.33 bits per heavy atom. The Morgan fingerprint density at radius 1 is 0.714 bits per heavy atom. The normalized spacial score (nSPS) is 10.5. The Kier molecular flexibility index (Phi) is 3.74. The number of hydrogen-bond donors (Lipinski definition) is 1. The van der Waals surface area contributed by atoms with Crippen LogP contribution in [-0.2, 0) is 6.42 Å². The fourth-order valence-electron chi connectivity index (χ4n) is 2.67. The molecule has 0 heterocycles. The molecule has 104 valence electrons. The Balaban J connectivity index is 2.00. The zero-order valence-corrected chi connectivity index (χ0v) is 12.2. The van der Waals surface area contributed by atoms with Crippen LogP contribution in [0.3, 0.4) is 0 Å². The lowest BCUT2D eigenvalue weighted by Crippen LogP contribution is -1.94. The molecule has 0 radical (unpaired) electrons. The van der Waals surface area contributed by atoms with Gasteiger partial charge in [-0.05, 0) is 53.3 Å². The van der Waals surface area contributed by atoms with Crippen molar-refractivity contribution >= 4 is 5.69 Å². The third-order valence-electron chi connectivity index (χ3n) is 3.83. The topological polar surface area (TPSA) is 26.0 Å². The molecule has 0 spiro atoms. The van der Waals surface area contributed by atoms with Crippen LogP contribution in [0, 0.1) is 6.92 Å². The molecule has 0 saturated carbocycles. The Labute approximate surface area is 126 Å². The highest BCUT2D eigenvalue weighted by Gasteiger charge is 2.07. The lowest BCUT2D eigenvalue weighted by Gasteiger charge is -2.12. The van der Waals surface area contributed by atoms with Crippen LogP contribution < -0.4 is 5.73 Å². The second-order valence-electron chi connectivity index (χ2n) is 5.39. The van der Waals surface area contributed by atoms with Crippen molar-refractivity contribution in [3.05, 3.63) is 89.5 Å². The van der Waals surface area contributed by atoms with Gasteiger partial charge in [-0.3, -0.25) is 0 Å². The number of nitrogen functional groups attached to an aromatic ring is 1. The molecular formula is C20H19N. The molecule has 0 aliphatic carbocycles. The van der Waals surface area contributed by atoms with Crippen molar-refractivity contribution in [3.8, 4) is 11.1 Å². The molecule has 2 N–H and O–H groups in total. The summed E-state index contributed by atoms with van der Waals surface area (Å²) in [7, 11) is 0. The van der Waals surface area contributed by atoms with Gasteiger partial charge in [0.05, 0.1) is 0 Å². The van der Waals surface area contributed by atoms with E-state index in [-0.39, 0.29) is 0 Å². The van der Waals surface area contributed by atoms with Crippen molar-refractivity contribution in [1.29, 1.82) is 0 Å². The molecule has 0 fully saturated rings. The zero-order chi connectivity index (χ0) is 14.7. The molecule has 1 nitrogen and oxygen atoms in total. The molecule has 1 heteroatoms. The minimum absolute atomic E-state index is 0.811. The van der Waals surface area contributed by atoms with E-state index in [2.05, 4.69) is 67.6 Å². The van der Waals surface area contributed by atoms with E-state index in [1.165, 1.54) is 27.8 Å². The maximum absolute atomic E-state index is 5.76. The van der Waals surface area contributed by atoms with E-state index < -0.39 is 0 Å². The maximum atomic E-state index is 5.76. The van der Waals surface area contributed by atoms with Crippen molar-refractivity contribution in [2.75, 3.05) is 5.73 Å². The monoisotopic (exact) mass is 273 g/mol. The Hall–Kier alpha value is -2.54. The SMILES string of the molecule is Cc1ccccc1-c1ccccc1Cc1ccc(N)cc1. The number of rotatable bonds is 3. The second kappa shape index (κ2) is 5.84. The smallest absolute Gasteiger partial charge is 0.0314 e. The summed E-state index contributed by atoms with van der Waals surface area (Å²) in [6.45, 7) is 2.16. The molecule has 0 aliphatic heterocycles. The summed E-state index contributed by atoms with van der Waals surface area (Å²) < 4.78 is 0. The maximum Gasteiger partial charge on any atom is 0.0314 e. The molecule has 0 amide bonds. The first-order chi connectivity index (χ1) is 10.2. The molecule has 0 saturated heterocycles. The molecule has 3 rings (SSSR count). The zero-order valence-electron chi connectivity index (χ0n) is 12.2. The van der Waals surface area contributed by atoms with Crippen LogP contribution in [0.25, 0.3) is 11.1 Å². The largest absolute Gasteiger partial charge is 0.399 e. The molecule has 3 aromatic carbocycles. The Bertz CT molecular complexity index is 742. The lowest BCUT2D eigenvalue weighted by molar-refractivity contribution is 1.19. The number of hydrogen-bond acceptors (Lipinski definition) is 1. The van der Waals surface area contributed by atoms with Gasteiger partial charge in [0.2, 0.25) is 0 Å². The minimum Gasteiger partial charge on any atom is -0.399 e. The third kappa shape index (κ3) is 2.97. The molecule has 21 heavy (non-hydrogen) atoms. The van der Waals surface area contributed by atoms with Gasteiger partial charge in [0.15, 0.2) is 0 Å². The lowest BCUT2D eigenvalue weighted by atomic mass is 9.92. The van der Waals surface area contributed by atoms with Gasteiger partial charge in [-0.1, -0.05) is 60.7 Å². The van der Waals surface area contributed by atoms with Crippen LogP contribution >= 0.6 is 0 Å². The third-order valence-corrected chi connectivity index (χ3v) is 3.83. The summed E-state index contributed by atoms with van der Waals surface area (Å²) in [5.74, 6) is 0. The van der Waals surface area contributed by atoms with Crippen LogP contribution in [0.5, 0.6) is 0 Å². The summed E-state index contributed by atoms with van der Waals surface area (Å²) in [5, 5.41) is 0. The highest BCUT2D eigenvalue weighted by atomic mass is 14.5. The molecule has 0 bridgehead atoms. The number of benzene rings is 3. The second-order valence-corrected chi connectivity index (χ2v) is 5.39. The van der Waals surface area contributed by atoms with Gasteiger partial charge < -0.3 is 5.73 Å². The first-order valence-corrected chi connectivity index (χ1v) is 7.22. The molecule has 0 aliphatic rings. The summed E-state index contributed by atoms with van der Waals surface area (Å²) in [6.07, 6.45) is 0.921. The van der Waals surface area contributed by atoms with Gasteiger partial charge >= 0.3 is 0 Å². The Morgan fingerprint density at radius 3 is 2.05 bits per heavy atom. The van der Waals surface area contributed by atoms with E-state index in [1.807, 2.05) is 12.1 Å². The number of nitrogens with two attached hydrogens (primary N) is 1. The van der Waals surface area contributed by atoms with Crippen LogP contribution in [-0.4, -0.2) is 0 Å². The van der Waals surface area contributed by atoms with Gasteiger partial charge in [0.1, 0.15) is 0 Å². The molecule has 0 atom stereocenters. The minimum atomic E-state index is 0.811. The molecule has 3 aromatic rings. The highest BCUT2D eigenvalue weighted by Crippen LogP contribution is 2.28. The predicted molar refractivity (Wildman–Crippen MR) is 90.3 cm³/mol. The quantitative estimate of drug-likeness (QED) is 0.679. The average Bonchev–Trinajstić information content (AvgIpc) is 2.51. The molecule has 0 aromatic heterocycles. The van der Waals surface area contributed by atoms with Crippen molar-refractivity contribution < 1.29 is 0 Å². The van der Waals surface area contributed by atoms with Crippen molar-refractivity contribution in [3.63, 3.8) is 0 Å². The van der Waals surface area contributed by atoms with Gasteiger partial charge in [0.25, 0.3) is 0 Å². The standard InChI is InChI=1S/C20H19N/c1-15-6-2-4-8-19(15)20-9-5-3-7-17(20)14-16-10-12-18(21)13-11-16/h2-13H,14,21H2,1H3. The fraction of sp³-hybridized carbons (Fsp3) is 0.100. The van der Waals surface area contributed by atoms with E-state index in [4.69, 9.17) is 5.73 Å². The van der Waals surface area contributed by atoms with E-state index in [9.17, 15) is 0 Å². The van der Waals surface area contributed by atoms with Crippen LogP contribution in [0.4, 0.5) is 5.69 Å². The van der Waals surface area contributed by atoms with Gasteiger partial charge in [-0.25, -0.2) is 0 Å². The highest BCUT2D eigenvalue weighted by molar-refractivity contribution is 5.71. The average molecular weight is 273 g/mol. The first-order valence-electron chi connectivity index (χ1n) is 7.22. The van der Waals surface area contributed by atoms with Crippen LogP contribution in [0.2, 0.25) is 0 Å².